The first-order valence-electron chi connectivity index (χ1n) is 7.67. The van der Waals surface area contributed by atoms with Crippen LogP contribution in [0.4, 0.5) is 0 Å². The monoisotopic (exact) mass is 301 g/mol. The highest BCUT2D eigenvalue weighted by molar-refractivity contribution is 6.08. The van der Waals surface area contributed by atoms with E-state index in [1.807, 2.05) is 30.3 Å². The van der Waals surface area contributed by atoms with Gasteiger partial charge in [0.25, 0.3) is 0 Å². The molecule has 1 N–H and O–H groups in total. The van der Waals surface area contributed by atoms with Crippen molar-refractivity contribution in [2.75, 3.05) is 0 Å². The van der Waals surface area contributed by atoms with Gasteiger partial charge in [-0.25, -0.2) is 4.79 Å². The molecule has 1 aliphatic carbocycles. The maximum Gasteiger partial charge on any atom is 0.327 e. The number of aliphatic carboxylic acids is 1. The first-order valence-corrected chi connectivity index (χ1v) is 7.67. The molecule has 2 fully saturated rings. The summed E-state index contributed by atoms with van der Waals surface area (Å²) in [5.41, 5.74) is 0.185. The fourth-order valence-electron chi connectivity index (χ4n) is 3.70. The molecule has 0 radical (unpaired) electrons. The molecule has 3 rings (SSSR count). The van der Waals surface area contributed by atoms with E-state index in [-0.39, 0.29) is 24.7 Å². The van der Waals surface area contributed by atoms with Crippen LogP contribution in [0.1, 0.15) is 37.7 Å². The van der Waals surface area contributed by atoms with E-state index >= 15 is 0 Å². The standard InChI is InChI=1S/C17H19NO4/c19-14-11-17(8-4-5-9-17)16(22)18(14)13(15(20)21)10-12-6-2-1-3-7-12/h1-3,6-7,13H,4-5,8-11H2,(H,20,21). The Balaban J connectivity index is 1.87. The Morgan fingerprint density at radius 2 is 1.82 bits per heavy atom. The molecule has 0 bridgehead atoms. The van der Waals surface area contributed by atoms with E-state index in [4.69, 9.17) is 0 Å². The van der Waals surface area contributed by atoms with E-state index in [1.165, 1.54) is 0 Å². The molecule has 0 aromatic heterocycles. The van der Waals surface area contributed by atoms with Crippen molar-refractivity contribution >= 4 is 17.8 Å². The number of rotatable bonds is 4. The summed E-state index contributed by atoms with van der Waals surface area (Å²) in [4.78, 5) is 37.7. The van der Waals surface area contributed by atoms with Gasteiger partial charge in [0.1, 0.15) is 6.04 Å². The number of carbonyl (C=O) groups excluding carboxylic acids is 2. The summed E-state index contributed by atoms with van der Waals surface area (Å²) in [5, 5.41) is 9.52. The van der Waals surface area contributed by atoms with Gasteiger partial charge in [0.15, 0.2) is 0 Å². The normalized spacial score (nSPS) is 21.5. The molecule has 1 saturated heterocycles. The largest absolute Gasteiger partial charge is 0.480 e. The predicted octanol–water partition coefficient (Wildman–Crippen LogP) is 2.00. The molecular weight excluding hydrogens is 282 g/mol. The Labute approximate surface area is 128 Å². The van der Waals surface area contributed by atoms with Crippen molar-refractivity contribution in [3.63, 3.8) is 0 Å². The number of carboxylic acids is 1. The van der Waals surface area contributed by atoms with Gasteiger partial charge in [-0.2, -0.15) is 0 Å². The zero-order chi connectivity index (χ0) is 15.7. The van der Waals surface area contributed by atoms with Crippen molar-refractivity contribution in [1.29, 1.82) is 0 Å². The second-order valence-electron chi connectivity index (χ2n) is 6.28. The number of nitrogens with zero attached hydrogens (tertiary/aromatic N) is 1. The highest BCUT2D eigenvalue weighted by atomic mass is 16.4. The van der Waals surface area contributed by atoms with Gasteiger partial charge in [0.05, 0.1) is 5.41 Å². The first kappa shape index (κ1) is 14.8. The van der Waals surface area contributed by atoms with Crippen LogP contribution in [0, 0.1) is 5.41 Å². The second-order valence-corrected chi connectivity index (χ2v) is 6.28. The third kappa shape index (κ3) is 2.40. The lowest BCUT2D eigenvalue weighted by Gasteiger charge is -2.25. The van der Waals surface area contributed by atoms with Crippen molar-refractivity contribution in [2.24, 2.45) is 5.41 Å². The number of hydrogen-bond acceptors (Lipinski definition) is 3. The smallest absolute Gasteiger partial charge is 0.327 e. The number of benzene rings is 1. The van der Waals surface area contributed by atoms with E-state index in [2.05, 4.69) is 0 Å². The van der Waals surface area contributed by atoms with Crippen molar-refractivity contribution in [1.82, 2.24) is 4.90 Å². The zero-order valence-electron chi connectivity index (χ0n) is 12.3. The Kier molecular flexibility index (Phi) is 3.72. The van der Waals surface area contributed by atoms with E-state index < -0.39 is 17.4 Å². The molecule has 1 atom stereocenters. The van der Waals surface area contributed by atoms with Crippen LogP contribution < -0.4 is 0 Å². The van der Waals surface area contributed by atoms with Crippen molar-refractivity contribution in [2.45, 2.75) is 44.6 Å². The van der Waals surface area contributed by atoms with Gasteiger partial charge < -0.3 is 5.11 Å². The third-order valence-electron chi connectivity index (χ3n) is 4.86. The topological polar surface area (TPSA) is 74.7 Å². The molecule has 2 amide bonds. The predicted molar refractivity (Wildman–Crippen MR) is 78.9 cm³/mol. The Hall–Kier alpha value is -2.17. The van der Waals surface area contributed by atoms with Crippen LogP contribution in [-0.4, -0.2) is 33.8 Å². The summed E-state index contributed by atoms with van der Waals surface area (Å²) in [6, 6.07) is 8.00. The van der Waals surface area contributed by atoms with E-state index in [0.29, 0.717) is 12.8 Å². The van der Waals surface area contributed by atoms with Gasteiger partial charge in [0.2, 0.25) is 11.8 Å². The molecule has 2 aliphatic rings. The fourth-order valence-corrected chi connectivity index (χ4v) is 3.70. The zero-order valence-corrected chi connectivity index (χ0v) is 12.3. The van der Waals surface area contributed by atoms with Crippen LogP contribution in [-0.2, 0) is 20.8 Å². The molecule has 1 aliphatic heterocycles. The molecule has 1 aromatic rings. The molecule has 1 spiro atoms. The Morgan fingerprint density at radius 1 is 1.18 bits per heavy atom. The SMILES string of the molecule is O=C(O)C(Cc1ccccc1)N1C(=O)CC2(CCCC2)C1=O. The molecule has 1 unspecified atom stereocenters. The van der Waals surface area contributed by atoms with Crippen LogP contribution in [0.3, 0.4) is 0 Å². The Bertz CT molecular complexity index is 604. The minimum absolute atomic E-state index is 0.156. The number of carbonyl (C=O) groups is 3. The maximum absolute atomic E-state index is 12.7. The number of likely N-dealkylation sites (tertiary alicyclic amines) is 1. The summed E-state index contributed by atoms with van der Waals surface area (Å²) in [5.74, 6) is -1.74. The van der Waals surface area contributed by atoms with Crippen molar-refractivity contribution in [3.05, 3.63) is 35.9 Å². The lowest BCUT2D eigenvalue weighted by molar-refractivity contribution is -0.155. The van der Waals surface area contributed by atoms with Gasteiger partial charge in [-0.05, 0) is 18.4 Å². The lowest BCUT2D eigenvalue weighted by Crippen LogP contribution is -2.47. The molecule has 22 heavy (non-hydrogen) atoms. The Morgan fingerprint density at radius 3 is 2.41 bits per heavy atom. The minimum atomic E-state index is -1.12. The second kappa shape index (κ2) is 5.55. The molecule has 5 heteroatoms. The molecule has 1 saturated carbocycles. The van der Waals surface area contributed by atoms with Gasteiger partial charge in [-0.1, -0.05) is 43.2 Å². The molecule has 1 heterocycles. The van der Waals surface area contributed by atoms with Crippen LogP contribution >= 0.6 is 0 Å². The van der Waals surface area contributed by atoms with Gasteiger partial charge in [0, 0.05) is 12.8 Å². The third-order valence-corrected chi connectivity index (χ3v) is 4.86. The molecule has 1 aromatic carbocycles. The average molecular weight is 301 g/mol. The van der Waals surface area contributed by atoms with Crippen molar-refractivity contribution < 1.29 is 19.5 Å². The van der Waals surface area contributed by atoms with E-state index in [9.17, 15) is 19.5 Å². The quantitative estimate of drug-likeness (QED) is 0.863. The minimum Gasteiger partial charge on any atom is -0.480 e. The maximum atomic E-state index is 12.7. The van der Waals surface area contributed by atoms with Crippen LogP contribution in [0.2, 0.25) is 0 Å². The van der Waals surface area contributed by atoms with Crippen LogP contribution in [0.15, 0.2) is 30.3 Å². The summed E-state index contributed by atoms with van der Waals surface area (Å²) in [7, 11) is 0. The van der Waals surface area contributed by atoms with Crippen LogP contribution in [0.25, 0.3) is 0 Å². The summed E-state index contributed by atoms with van der Waals surface area (Å²) < 4.78 is 0. The van der Waals surface area contributed by atoms with Crippen LogP contribution in [0.5, 0.6) is 0 Å². The van der Waals surface area contributed by atoms with E-state index in [0.717, 1.165) is 23.3 Å². The summed E-state index contributed by atoms with van der Waals surface area (Å²) >= 11 is 0. The number of carboxylic acid groups (broad SMARTS) is 1. The van der Waals surface area contributed by atoms with E-state index in [1.54, 1.807) is 0 Å². The number of imide groups is 1. The fraction of sp³-hybridized carbons (Fsp3) is 0.471. The first-order chi connectivity index (χ1) is 10.5. The lowest BCUT2D eigenvalue weighted by atomic mass is 9.84. The summed E-state index contributed by atoms with van der Waals surface area (Å²) in [6.07, 6.45) is 3.60. The van der Waals surface area contributed by atoms with Crippen molar-refractivity contribution in [3.8, 4) is 0 Å². The number of amides is 2. The summed E-state index contributed by atoms with van der Waals surface area (Å²) in [6.45, 7) is 0. The van der Waals surface area contributed by atoms with Gasteiger partial charge in [-0.15, -0.1) is 0 Å². The highest BCUT2D eigenvalue weighted by Crippen LogP contribution is 2.47. The molecule has 116 valence electrons. The van der Waals surface area contributed by atoms with Gasteiger partial charge in [-0.3, -0.25) is 14.5 Å². The molecular formula is C17H19NO4. The van der Waals surface area contributed by atoms with Gasteiger partial charge >= 0.3 is 5.97 Å². The average Bonchev–Trinajstić information content (AvgIpc) is 3.05. The highest BCUT2D eigenvalue weighted by Gasteiger charge is 2.55. The molecule has 5 nitrogen and oxygen atoms in total. The number of hydrogen-bond donors (Lipinski definition) is 1.